The molecule has 0 fully saturated rings. The van der Waals surface area contributed by atoms with E-state index in [1.807, 2.05) is 0 Å². The van der Waals surface area contributed by atoms with Crippen LogP contribution < -0.4 is 34.7 Å². The van der Waals surface area contributed by atoms with Gasteiger partial charge in [0.15, 0.2) is 0 Å². The summed E-state index contributed by atoms with van der Waals surface area (Å²) in [4.78, 5) is 13.9. The molecule has 0 spiro atoms. The SMILES string of the molecule is O=C([O-])C1C=CC=NC1.[Na+]. The van der Waals surface area contributed by atoms with Gasteiger partial charge < -0.3 is 9.90 Å². The number of aliphatic imine (C=N–C) groups is 1. The van der Waals surface area contributed by atoms with Crippen LogP contribution in [0.5, 0.6) is 0 Å². The number of carbonyl (C=O) groups excluding carboxylic acids is 1. The van der Waals surface area contributed by atoms with Gasteiger partial charge in [0.25, 0.3) is 0 Å². The van der Waals surface area contributed by atoms with Crippen molar-refractivity contribution in [2.45, 2.75) is 0 Å². The molecule has 1 unspecified atom stereocenters. The number of carbonyl (C=O) groups is 1. The number of nitrogens with zero attached hydrogens (tertiary/aromatic N) is 1. The fourth-order valence-electron chi connectivity index (χ4n) is 0.633. The minimum Gasteiger partial charge on any atom is -0.549 e. The first kappa shape index (κ1) is 9.88. The zero-order valence-corrected chi connectivity index (χ0v) is 7.78. The van der Waals surface area contributed by atoms with Gasteiger partial charge in [-0.05, 0) is 6.08 Å². The topological polar surface area (TPSA) is 52.5 Å². The molecular formula is C6H6NNaO2. The van der Waals surface area contributed by atoms with Crippen molar-refractivity contribution >= 4 is 12.2 Å². The van der Waals surface area contributed by atoms with E-state index in [1.165, 1.54) is 0 Å². The first-order chi connectivity index (χ1) is 4.30. The van der Waals surface area contributed by atoms with E-state index < -0.39 is 11.9 Å². The van der Waals surface area contributed by atoms with Crippen LogP contribution in [0.2, 0.25) is 0 Å². The van der Waals surface area contributed by atoms with E-state index in [1.54, 1.807) is 18.4 Å². The summed E-state index contributed by atoms with van der Waals surface area (Å²) >= 11 is 0. The minimum absolute atomic E-state index is 0. The van der Waals surface area contributed by atoms with Crippen LogP contribution in [0.3, 0.4) is 0 Å². The average molecular weight is 147 g/mol. The van der Waals surface area contributed by atoms with Crippen molar-refractivity contribution < 1.29 is 39.5 Å². The third-order valence-electron chi connectivity index (χ3n) is 1.14. The van der Waals surface area contributed by atoms with Crippen LogP contribution in [0.4, 0.5) is 0 Å². The third-order valence-corrected chi connectivity index (χ3v) is 1.14. The van der Waals surface area contributed by atoms with Crippen molar-refractivity contribution in [1.29, 1.82) is 0 Å². The zero-order chi connectivity index (χ0) is 6.69. The number of hydrogen-bond donors (Lipinski definition) is 0. The van der Waals surface area contributed by atoms with Crippen molar-refractivity contribution in [3.8, 4) is 0 Å². The summed E-state index contributed by atoms with van der Waals surface area (Å²) in [6, 6.07) is 0. The molecule has 48 valence electrons. The van der Waals surface area contributed by atoms with E-state index in [2.05, 4.69) is 4.99 Å². The van der Waals surface area contributed by atoms with Gasteiger partial charge in [-0.2, -0.15) is 0 Å². The third kappa shape index (κ3) is 2.64. The molecule has 0 bridgehead atoms. The van der Waals surface area contributed by atoms with Gasteiger partial charge in [-0.1, -0.05) is 6.08 Å². The molecule has 0 saturated heterocycles. The average Bonchev–Trinajstić information content (AvgIpc) is 1.90. The molecule has 0 aromatic rings. The fraction of sp³-hybridized carbons (Fsp3) is 0.333. The van der Waals surface area contributed by atoms with Crippen LogP contribution in [0.15, 0.2) is 17.1 Å². The predicted octanol–water partition coefficient (Wildman–Crippen LogP) is -4.00. The molecule has 0 saturated carbocycles. The number of carboxylic acids is 1. The Morgan fingerprint density at radius 3 is 2.70 bits per heavy atom. The number of allylic oxidation sites excluding steroid dienone is 1. The maximum absolute atomic E-state index is 10.1. The van der Waals surface area contributed by atoms with Crippen LogP contribution in [-0.4, -0.2) is 18.7 Å². The first-order valence-corrected chi connectivity index (χ1v) is 2.68. The van der Waals surface area contributed by atoms with Gasteiger partial charge in [-0.15, -0.1) is 0 Å². The monoisotopic (exact) mass is 147 g/mol. The largest absolute Gasteiger partial charge is 1.00 e. The molecule has 0 N–H and O–H groups in total. The summed E-state index contributed by atoms with van der Waals surface area (Å²) in [7, 11) is 0. The quantitative estimate of drug-likeness (QED) is 0.355. The number of carboxylic acid groups (broad SMARTS) is 1. The molecule has 0 amide bonds. The van der Waals surface area contributed by atoms with Gasteiger partial charge in [-0.3, -0.25) is 4.99 Å². The van der Waals surface area contributed by atoms with E-state index in [0.717, 1.165) is 0 Å². The second-order valence-electron chi connectivity index (χ2n) is 1.82. The molecule has 3 nitrogen and oxygen atoms in total. The minimum atomic E-state index is -1.05. The molecule has 1 aliphatic rings. The van der Waals surface area contributed by atoms with Gasteiger partial charge >= 0.3 is 29.6 Å². The van der Waals surface area contributed by atoms with E-state index in [9.17, 15) is 9.90 Å². The molecule has 10 heavy (non-hydrogen) atoms. The predicted molar refractivity (Wildman–Crippen MR) is 31.0 cm³/mol. The second-order valence-corrected chi connectivity index (χ2v) is 1.82. The summed E-state index contributed by atoms with van der Waals surface area (Å²) in [6.45, 7) is 0.318. The van der Waals surface area contributed by atoms with Crippen molar-refractivity contribution in [3.63, 3.8) is 0 Å². The summed E-state index contributed by atoms with van der Waals surface area (Å²) in [6.07, 6.45) is 4.77. The van der Waals surface area contributed by atoms with Crippen molar-refractivity contribution in [2.75, 3.05) is 6.54 Å². The Labute approximate surface area is 81.1 Å². The van der Waals surface area contributed by atoms with E-state index >= 15 is 0 Å². The Kier molecular flexibility index (Phi) is 4.60. The van der Waals surface area contributed by atoms with Crippen LogP contribution in [0.1, 0.15) is 0 Å². The van der Waals surface area contributed by atoms with Crippen LogP contribution in [-0.2, 0) is 4.79 Å². The Hall–Kier alpha value is -0.120. The maximum Gasteiger partial charge on any atom is 1.00 e. The molecule has 1 atom stereocenters. The molecular weight excluding hydrogens is 141 g/mol. The Morgan fingerprint density at radius 2 is 2.40 bits per heavy atom. The second kappa shape index (κ2) is 4.66. The molecule has 0 aliphatic carbocycles. The van der Waals surface area contributed by atoms with Crippen LogP contribution >= 0.6 is 0 Å². The van der Waals surface area contributed by atoms with Gasteiger partial charge in [0.1, 0.15) is 0 Å². The number of rotatable bonds is 1. The molecule has 1 heterocycles. The van der Waals surface area contributed by atoms with E-state index in [0.29, 0.717) is 6.54 Å². The maximum atomic E-state index is 10.1. The molecule has 1 aliphatic heterocycles. The van der Waals surface area contributed by atoms with Crippen molar-refractivity contribution in [3.05, 3.63) is 12.2 Å². The summed E-state index contributed by atoms with van der Waals surface area (Å²) in [5.74, 6) is -1.57. The standard InChI is InChI=1S/C6H7NO2.Na/c8-6(9)5-2-1-3-7-4-5;/h1-3,5H,4H2,(H,8,9);/q;+1/p-1. The molecule has 0 aromatic carbocycles. The van der Waals surface area contributed by atoms with E-state index in [4.69, 9.17) is 0 Å². The summed E-state index contributed by atoms with van der Waals surface area (Å²) in [5.41, 5.74) is 0. The molecule has 4 heteroatoms. The van der Waals surface area contributed by atoms with Gasteiger partial charge in [0, 0.05) is 12.1 Å². The van der Waals surface area contributed by atoms with Gasteiger partial charge in [0.05, 0.1) is 12.5 Å². The Bertz CT molecular complexity index is 177. The first-order valence-electron chi connectivity index (χ1n) is 2.68. The molecule has 1 rings (SSSR count). The van der Waals surface area contributed by atoms with Crippen LogP contribution in [0, 0.1) is 5.92 Å². The zero-order valence-electron chi connectivity index (χ0n) is 5.78. The fourth-order valence-corrected chi connectivity index (χ4v) is 0.633. The van der Waals surface area contributed by atoms with Crippen LogP contribution in [0.25, 0.3) is 0 Å². The van der Waals surface area contributed by atoms with E-state index in [-0.39, 0.29) is 29.6 Å². The summed E-state index contributed by atoms with van der Waals surface area (Å²) < 4.78 is 0. The Balaban J connectivity index is 0.000000810. The molecule has 0 radical (unpaired) electrons. The Morgan fingerprint density at radius 1 is 1.70 bits per heavy atom. The normalized spacial score (nSPS) is 21.8. The molecule has 0 aromatic heterocycles. The van der Waals surface area contributed by atoms with Crippen molar-refractivity contribution in [2.24, 2.45) is 10.9 Å². The van der Waals surface area contributed by atoms with Crippen molar-refractivity contribution in [1.82, 2.24) is 0 Å². The van der Waals surface area contributed by atoms with Gasteiger partial charge in [0.2, 0.25) is 0 Å². The number of hydrogen-bond acceptors (Lipinski definition) is 3. The summed E-state index contributed by atoms with van der Waals surface area (Å²) in [5, 5.41) is 10.1. The number of aliphatic carboxylic acids is 1. The number of dihydropyridines is 1. The van der Waals surface area contributed by atoms with Gasteiger partial charge in [-0.25, -0.2) is 0 Å². The smallest absolute Gasteiger partial charge is 0.549 e.